The quantitative estimate of drug-likeness (QED) is 0.294. The number of aliphatic hydroxyl groups excluding tert-OH is 1. The summed E-state index contributed by atoms with van der Waals surface area (Å²) in [5.41, 5.74) is 0. The van der Waals surface area contributed by atoms with Crippen LogP contribution in [-0.2, 0) is 23.8 Å². The van der Waals surface area contributed by atoms with Crippen molar-refractivity contribution in [1.82, 2.24) is 19.6 Å². The lowest BCUT2D eigenvalue weighted by molar-refractivity contribution is -0.247. The Labute approximate surface area is 134 Å². The van der Waals surface area contributed by atoms with E-state index in [1.54, 1.807) is 0 Å². The molecule has 5 aliphatic heterocycles. The summed E-state index contributed by atoms with van der Waals surface area (Å²) in [6.45, 7) is 7.50. The molecular formula is C12H24N4O7. The Morgan fingerprint density at radius 1 is 0.652 bits per heavy atom. The van der Waals surface area contributed by atoms with Crippen molar-refractivity contribution in [2.45, 2.75) is 0 Å². The first kappa shape index (κ1) is 20.0. The lowest BCUT2D eigenvalue weighted by Crippen LogP contribution is -2.71. The van der Waals surface area contributed by atoms with Gasteiger partial charge in [0.1, 0.15) is 6.79 Å². The number of aldehydes is 2. The number of rotatable bonds is 1. The number of aliphatic hydroxyl groups is 2. The summed E-state index contributed by atoms with van der Waals surface area (Å²) in [4.78, 5) is 27.5. The molecule has 5 aliphatic rings. The van der Waals surface area contributed by atoms with E-state index in [9.17, 15) is 0 Å². The number of carbonyl (C=O) groups is 2. The van der Waals surface area contributed by atoms with Gasteiger partial charge in [0, 0.05) is 0 Å². The van der Waals surface area contributed by atoms with Crippen molar-refractivity contribution in [3.63, 3.8) is 0 Å². The van der Waals surface area contributed by atoms with Gasteiger partial charge in [0.05, 0.1) is 40.0 Å². The van der Waals surface area contributed by atoms with Crippen LogP contribution in [-0.4, -0.2) is 110 Å². The van der Waals surface area contributed by atoms with Crippen LogP contribution in [0, 0.1) is 0 Å². The van der Waals surface area contributed by atoms with Gasteiger partial charge in [-0.05, 0) is 0 Å². The fraction of sp³-hybridized carbons (Fsp3) is 0.833. The SMILES string of the molecule is C1N2CN3CN1CN(C2)C3.C1OCOCO1.O=CC=O.OCO. The fourth-order valence-electron chi connectivity index (χ4n) is 2.51. The highest BCUT2D eigenvalue weighted by molar-refractivity contribution is 6.09. The molecule has 0 aromatic heterocycles. The summed E-state index contributed by atoms with van der Waals surface area (Å²) >= 11 is 0. The summed E-state index contributed by atoms with van der Waals surface area (Å²) in [7, 11) is 0. The third-order valence-electron chi connectivity index (χ3n) is 2.96. The molecule has 5 saturated heterocycles. The highest BCUT2D eigenvalue weighted by Gasteiger charge is 2.36. The molecule has 0 spiro atoms. The van der Waals surface area contributed by atoms with E-state index in [0.29, 0.717) is 20.4 Å². The Bertz CT molecular complexity index is 256. The summed E-state index contributed by atoms with van der Waals surface area (Å²) in [6, 6.07) is 0. The summed E-state index contributed by atoms with van der Waals surface area (Å²) < 4.78 is 13.9. The maximum Gasteiger partial charge on any atom is 0.182 e. The monoisotopic (exact) mass is 336 g/mol. The fourth-order valence-corrected chi connectivity index (χ4v) is 2.51. The first-order valence-corrected chi connectivity index (χ1v) is 6.96. The predicted molar refractivity (Wildman–Crippen MR) is 75.8 cm³/mol. The lowest BCUT2D eigenvalue weighted by atomic mass is 10.4. The molecule has 0 unspecified atom stereocenters. The second-order valence-electron chi connectivity index (χ2n) is 4.91. The molecule has 0 aromatic carbocycles. The van der Waals surface area contributed by atoms with Gasteiger partial charge in [-0.15, -0.1) is 0 Å². The Kier molecular flexibility index (Phi) is 10.8. The van der Waals surface area contributed by atoms with Crippen LogP contribution in [0.25, 0.3) is 0 Å². The molecule has 5 fully saturated rings. The summed E-state index contributed by atoms with van der Waals surface area (Å²) in [5.74, 6) is 0. The molecular weight excluding hydrogens is 312 g/mol. The summed E-state index contributed by atoms with van der Waals surface area (Å²) in [6.07, 6.45) is 0.389. The van der Waals surface area contributed by atoms with Gasteiger partial charge in [0.25, 0.3) is 0 Å². The molecule has 4 bridgehead atoms. The van der Waals surface area contributed by atoms with Gasteiger partial charge in [-0.2, -0.15) is 0 Å². The van der Waals surface area contributed by atoms with Crippen molar-refractivity contribution in [3.05, 3.63) is 0 Å². The van der Waals surface area contributed by atoms with Gasteiger partial charge < -0.3 is 24.4 Å². The van der Waals surface area contributed by atoms with E-state index < -0.39 is 6.79 Å². The Morgan fingerprint density at radius 3 is 1.00 bits per heavy atom. The minimum atomic E-state index is -0.750. The minimum Gasteiger partial charge on any atom is -0.371 e. The number of ether oxygens (including phenoxy) is 3. The van der Waals surface area contributed by atoms with Gasteiger partial charge in [0.2, 0.25) is 0 Å². The minimum absolute atomic E-state index is 0.194. The van der Waals surface area contributed by atoms with Crippen molar-refractivity contribution in [2.24, 2.45) is 0 Å². The average Bonchev–Trinajstić information content (AvgIpc) is 2.57. The zero-order valence-corrected chi connectivity index (χ0v) is 13.0. The Morgan fingerprint density at radius 2 is 0.870 bits per heavy atom. The van der Waals surface area contributed by atoms with Gasteiger partial charge >= 0.3 is 0 Å². The maximum atomic E-state index is 8.81. The normalized spacial score (nSPS) is 33.0. The Balaban J connectivity index is 0.000000176. The van der Waals surface area contributed by atoms with Gasteiger partial charge in [-0.25, -0.2) is 0 Å². The van der Waals surface area contributed by atoms with E-state index in [2.05, 4.69) is 33.8 Å². The van der Waals surface area contributed by atoms with Crippen molar-refractivity contribution >= 4 is 12.6 Å². The van der Waals surface area contributed by atoms with E-state index in [4.69, 9.17) is 19.8 Å². The first-order valence-electron chi connectivity index (χ1n) is 6.96. The Hall–Kier alpha value is -1.02. The van der Waals surface area contributed by atoms with E-state index in [-0.39, 0.29) is 12.6 Å². The zero-order valence-electron chi connectivity index (χ0n) is 13.0. The van der Waals surface area contributed by atoms with Crippen LogP contribution < -0.4 is 0 Å². The molecule has 134 valence electrons. The third kappa shape index (κ3) is 8.41. The van der Waals surface area contributed by atoms with Crippen LogP contribution in [0.5, 0.6) is 0 Å². The average molecular weight is 336 g/mol. The lowest BCUT2D eigenvalue weighted by Gasteiger charge is -2.56. The van der Waals surface area contributed by atoms with Gasteiger partial charge in [0.15, 0.2) is 33.0 Å². The molecule has 0 saturated carbocycles. The van der Waals surface area contributed by atoms with E-state index >= 15 is 0 Å². The first-order chi connectivity index (χ1) is 11.2. The van der Waals surface area contributed by atoms with E-state index in [1.165, 1.54) is 40.0 Å². The smallest absolute Gasteiger partial charge is 0.182 e. The van der Waals surface area contributed by atoms with Gasteiger partial charge in [-0.1, -0.05) is 0 Å². The van der Waals surface area contributed by atoms with Crippen molar-refractivity contribution < 1.29 is 34.0 Å². The number of nitrogens with zero attached hydrogens (tertiary/aromatic N) is 4. The number of carbonyl (C=O) groups excluding carboxylic acids is 2. The molecule has 2 N–H and O–H groups in total. The number of hydrogen-bond donors (Lipinski definition) is 2. The molecule has 0 radical (unpaired) electrons. The van der Waals surface area contributed by atoms with Crippen LogP contribution in [0.3, 0.4) is 0 Å². The molecule has 5 rings (SSSR count). The molecule has 11 heteroatoms. The molecule has 0 aliphatic carbocycles. The predicted octanol–water partition coefficient (Wildman–Crippen LogP) is -2.78. The van der Waals surface area contributed by atoms with Crippen LogP contribution in [0.15, 0.2) is 0 Å². The molecule has 0 amide bonds. The van der Waals surface area contributed by atoms with E-state index in [1.807, 2.05) is 0 Å². The number of hydrogen-bond acceptors (Lipinski definition) is 11. The zero-order chi connectivity index (χ0) is 16.9. The molecule has 0 aromatic rings. The highest BCUT2D eigenvalue weighted by atomic mass is 16.8. The molecule has 11 nitrogen and oxygen atoms in total. The van der Waals surface area contributed by atoms with Crippen LogP contribution in [0.1, 0.15) is 0 Å². The third-order valence-corrected chi connectivity index (χ3v) is 2.96. The topological polar surface area (TPSA) is 115 Å². The molecule has 0 atom stereocenters. The highest BCUT2D eigenvalue weighted by Crippen LogP contribution is 2.20. The maximum absolute atomic E-state index is 8.81. The van der Waals surface area contributed by atoms with E-state index in [0.717, 1.165) is 0 Å². The van der Waals surface area contributed by atoms with Crippen molar-refractivity contribution in [1.29, 1.82) is 0 Å². The van der Waals surface area contributed by atoms with Crippen LogP contribution in [0.2, 0.25) is 0 Å². The second-order valence-corrected chi connectivity index (χ2v) is 4.91. The molecule has 23 heavy (non-hydrogen) atoms. The standard InChI is InChI=1S/C6H12N4.C3H6O3.C2H2O2.CH4O2/c1-7-2-9-4-8(1)5-10(3-7)6-9;1-4-2-6-3-5-1;3-1-2-4;2-1-3/h1-6H2;1-3H2;1-2H;2-3H,1H2. The van der Waals surface area contributed by atoms with Crippen molar-refractivity contribution in [2.75, 3.05) is 67.2 Å². The van der Waals surface area contributed by atoms with Crippen LogP contribution in [0.4, 0.5) is 0 Å². The second kappa shape index (κ2) is 12.4. The van der Waals surface area contributed by atoms with Gasteiger partial charge in [-0.3, -0.25) is 29.2 Å². The molecule has 5 heterocycles. The van der Waals surface area contributed by atoms with Crippen LogP contribution >= 0.6 is 0 Å². The van der Waals surface area contributed by atoms with Crippen molar-refractivity contribution in [3.8, 4) is 0 Å². The largest absolute Gasteiger partial charge is 0.371 e. The summed E-state index contributed by atoms with van der Waals surface area (Å²) in [5, 5.41) is 14.2.